The largest absolute Gasteiger partial charge is 0.281 e. The molecule has 48 valence electrons. The van der Waals surface area contributed by atoms with Crippen LogP contribution in [0.25, 0.3) is 0 Å². The Morgan fingerprint density at radius 1 is 1.75 bits per heavy atom. The fourth-order valence-corrected chi connectivity index (χ4v) is 1.08. The third-order valence-electron chi connectivity index (χ3n) is 0.559. The Morgan fingerprint density at radius 2 is 2.12 bits per heavy atom. The molecule has 8 heavy (non-hydrogen) atoms. The van der Waals surface area contributed by atoms with Gasteiger partial charge in [-0.05, 0) is 25.4 Å². The zero-order valence-electron chi connectivity index (χ0n) is 4.87. The highest BCUT2D eigenvalue weighted by atomic mass is 79.9. The molecule has 0 aliphatic heterocycles. The molecule has 3 heteroatoms. The topological polar surface area (TPSA) is 17.1 Å². The molecule has 0 radical (unpaired) electrons. The van der Waals surface area contributed by atoms with Gasteiger partial charge < -0.3 is 0 Å². The van der Waals surface area contributed by atoms with Crippen LogP contribution in [0.3, 0.4) is 0 Å². The first kappa shape index (κ1) is 8.44. The van der Waals surface area contributed by atoms with Crippen LogP contribution in [-0.4, -0.2) is 9.57 Å². The predicted octanol–water partition coefficient (Wildman–Crippen LogP) is 2.32. The van der Waals surface area contributed by atoms with Gasteiger partial charge in [-0.3, -0.25) is 4.79 Å². The molecule has 0 aliphatic rings. The highest BCUT2D eigenvalue weighted by Gasteiger charge is 2.15. The zero-order valence-corrected chi connectivity index (χ0v) is 7.21. The van der Waals surface area contributed by atoms with E-state index >= 15 is 0 Å². The van der Waals surface area contributed by atoms with Crippen molar-refractivity contribution in [3.8, 4) is 0 Å². The summed E-state index contributed by atoms with van der Waals surface area (Å²) in [6.45, 7) is 3.79. The molecule has 0 saturated heterocycles. The molecule has 0 atom stereocenters. The summed E-state index contributed by atoms with van der Waals surface area (Å²) in [7, 11) is 0. The molecular weight excluding hydrogens is 191 g/mol. The maximum Gasteiger partial charge on any atom is 0.223 e. The monoisotopic (exact) mass is 198 g/mol. The summed E-state index contributed by atoms with van der Waals surface area (Å²) >= 11 is 8.37. The van der Waals surface area contributed by atoms with Gasteiger partial charge in [0.15, 0.2) is 0 Å². The number of hydrogen-bond donors (Lipinski definition) is 0. The number of alkyl halides is 1. The van der Waals surface area contributed by atoms with Crippen molar-refractivity contribution in [3.05, 3.63) is 0 Å². The van der Waals surface area contributed by atoms with Gasteiger partial charge in [-0.2, -0.15) is 0 Å². The Balaban J connectivity index is 3.55. The molecule has 0 fully saturated rings. The third-order valence-corrected chi connectivity index (χ3v) is 0.973. The lowest BCUT2D eigenvalue weighted by molar-refractivity contribution is -0.112. The Labute approximate surface area is 62.5 Å². The van der Waals surface area contributed by atoms with E-state index in [0.717, 1.165) is 0 Å². The lowest BCUT2D eigenvalue weighted by Crippen LogP contribution is -2.12. The van der Waals surface area contributed by atoms with E-state index < -0.39 is 0 Å². The van der Waals surface area contributed by atoms with E-state index in [0.29, 0.717) is 6.42 Å². The van der Waals surface area contributed by atoms with Gasteiger partial charge in [0, 0.05) is 10.7 Å². The van der Waals surface area contributed by atoms with Crippen molar-refractivity contribution in [1.29, 1.82) is 0 Å². The molecule has 0 amide bonds. The lowest BCUT2D eigenvalue weighted by Gasteiger charge is -2.10. The molecule has 0 unspecified atom stereocenters. The van der Waals surface area contributed by atoms with E-state index in [1.165, 1.54) is 0 Å². The molecule has 0 spiro atoms. The van der Waals surface area contributed by atoms with Crippen LogP contribution in [0.5, 0.6) is 0 Å². The van der Waals surface area contributed by atoms with Crippen LogP contribution >= 0.6 is 27.5 Å². The molecule has 0 heterocycles. The van der Waals surface area contributed by atoms with Crippen molar-refractivity contribution in [2.75, 3.05) is 0 Å². The lowest BCUT2D eigenvalue weighted by atomic mass is 10.1. The number of hydrogen-bond acceptors (Lipinski definition) is 1. The minimum Gasteiger partial charge on any atom is -0.281 e. The summed E-state index contributed by atoms with van der Waals surface area (Å²) in [5, 5.41) is -0.299. The van der Waals surface area contributed by atoms with E-state index in [4.69, 9.17) is 11.6 Å². The van der Waals surface area contributed by atoms with E-state index in [1.54, 1.807) is 0 Å². The van der Waals surface area contributed by atoms with Crippen LogP contribution in [0, 0.1) is 0 Å². The first-order valence-electron chi connectivity index (χ1n) is 2.29. The molecule has 0 aromatic rings. The number of rotatable bonds is 2. The van der Waals surface area contributed by atoms with Gasteiger partial charge in [-0.25, -0.2) is 0 Å². The predicted molar refractivity (Wildman–Crippen MR) is 38.5 cm³/mol. The zero-order chi connectivity index (χ0) is 6.78. The fourth-order valence-electron chi connectivity index (χ4n) is 0.330. The van der Waals surface area contributed by atoms with Crippen molar-refractivity contribution in [2.24, 2.45) is 0 Å². The van der Waals surface area contributed by atoms with Gasteiger partial charge in [-0.15, -0.1) is 0 Å². The summed E-state index contributed by atoms with van der Waals surface area (Å²) < 4.78 is -0.147. The highest BCUT2D eigenvalue weighted by Crippen LogP contribution is 2.20. The minimum atomic E-state index is -0.299. The minimum absolute atomic E-state index is 0.147. The van der Waals surface area contributed by atoms with Gasteiger partial charge in [0.25, 0.3) is 0 Å². The summed E-state index contributed by atoms with van der Waals surface area (Å²) in [6.07, 6.45) is 0.370. The molecular formula is C5H8BrClO. The Kier molecular flexibility index (Phi) is 2.99. The van der Waals surface area contributed by atoms with Gasteiger partial charge in [0.05, 0.1) is 0 Å². The summed E-state index contributed by atoms with van der Waals surface area (Å²) in [4.78, 5) is 10.2. The number of halogens is 2. The SMILES string of the molecule is CC(C)(Br)CC(=O)Cl. The van der Waals surface area contributed by atoms with Crippen LogP contribution in [0.4, 0.5) is 0 Å². The van der Waals surface area contributed by atoms with Gasteiger partial charge in [0.2, 0.25) is 5.24 Å². The molecule has 0 aromatic carbocycles. The van der Waals surface area contributed by atoms with E-state index in [2.05, 4.69) is 15.9 Å². The van der Waals surface area contributed by atoms with E-state index in [1.807, 2.05) is 13.8 Å². The summed E-state index contributed by atoms with van der Waals surface area (Å²) in [5.74, 6) is 0. The highest BCUT2D eigenvalue weighted by molar-refractivity contribution is 9.10. The Morgan fingerprint density at radius 3 is 2.12 bits per heavy atom. The van der Waals surface area contributed by atoms with Crippen molar-refractivity contribution < 1.29 is 4.79 Å². The van der Waals surface area contributed by atoms with Gasteiger partial charge in [0.1, 0.15) is 0 Å². The van der Waals surface area contributed by atoms with E-state index in [-0.39, 0.29) is 9.57 Å². The second-order valence-electron chi connectivity index (χ2n) is 2.25. The molecule has 0 N–H and O–H groups in total. The van der Waals surface area contributed by atoms with Crippen molar-refractivity contribution in [1.82, 2.24) is 0 Å². The number of carbonyl (C=O) groups is 1. The number of carbonyl (C=O) groups excluding carboxylic acids is 1. The third kappa shape index (κ3) is 6.44. The average molecular weight is 199 g/mol. The molecule has 0 bridgehead atoms. The van der Waals surface area contributed by atoms with Crippen LogP contribution < -0.4 is 0 Å². The van der Waals surface area contributed by atoms with Crippen LogP contribution in [0.2, 0.25) is 0 Å². The maximum atomic E-state index is 10.2. The quantitative estimate of drug-likeness (QED) is 0.493. The molecule has 0 rings (SSSR count). The smallest absolute Gasteiger partial charge is 0.223 e. The summed E-state index contributed by atoms with van der Waals surface area (Å²) in [6, 6.07) is 0. The normalized spacial score (nSPS) is 11.5. The Bertz CT molecular complexity index is 95.1. The molecule has 1 nitrogen and oxygen atoms in total. The fraction of sp³-hybridized carbons (Fsp3) is 0.800. The van der Waals surface area contributed by atoms with Gasteiger partial charge >= 0.3 is 0 Å². The maximum absolute atomic E-state index is 10.2. The second-order valence-corrected chi connectivity index (χ2v) is 4.82. The first-order valence-corrected chi connectivity index (χ1v) is 3.46. The van der Waals surface area contributed by atoms with Crippen LogP contribution in [0.1, 0.15) is 20.3 Å². The molecule has 0 aliphatic carbocycles. The summed E-state index contributed by atoms with van der Waals surface area (Å²) in [5.41, 5.74) is 0. The van der Waals surface area contributed by atoms with E-state index in [9.17, 15) is 4.79 Å². The average Bonchev–Trinajstić information content (AvgIpc) is 1.21. The molecule has 0 saturated carbocycles. The van der Waals surface area contributed by atoms with Gasteiger partial charge in [-0.1, -0.05) is 15.9 Å². The Hall–Kier alpha value is 0.440. The van der Waals surface area contributed by atoms with Crippen molar-refractivity contribution in [3.63, 3.8) is 0 Å². The first-order chi connectivity index (χ1) is 3.42. The van der Waals surface area contributed by atoms with Crippen LogP contribution in [0.15, 0.2) is 0 Å². The standard InChI is InChI=1S/C5H8BrClO/c1-5(2,6)3-4(7)8/h3H2,1-2H3. The van der Waals surface area contributed by atoms with Crippen molar-refractivity contribution >= 4 is 32.8 Å². The molecule has 0 aromatic heterocycles. The second kappa shape index (κ2) is 2.83. The van der Waals surface area contributed by atoms with Crippen molar-refractivity contribution in [2.45, 2.75) is 24.6 Å². The van der Waals surface area contributed by atoms with Crippen LogP contribution in [-0.2, 0) is 4.79 Å².